The van der Waals surface area contributed by atoms with Gasteiger partial charge in [0.25, 0.3) is 11.9 Å². The Morgan fingerprint density at radius 1 is 1.13 bits per heavy atom. The largest absolute Gasteiger partial charge is 0.480 e. The van der Waals surface area contributed by atoms with Gasteiger partial charge in [-0.2, -0.15) is 0 Å². The van der Waals surface area contributed by atoms with Crippen molar-refractivity contribution in [1.29, 1.82) is 5.41 Å². The highest BCUT2D eigenvalue weighted by Crippen LogP contribution is 2.35. The summed E-state index contributed by atoms with van der Waals surface area (Å²) in [6.07, 6.45) is 0. The zero-order valence-corrected chi connectivity index (χ0v) is 19.2. The molecule has 3 aromatic rings. The lowest BCUT2D eigenvalue weighted by Gasteiger charge is -2.14. The van der Waals surface area contributed by atoms with Crippen LogP contribution in [-0.2, 0) is 9.53 Å². The van der Waals surface area contributed by atoms with E-state index >= 15 is 0 Å². The number of para-hydroxylation sites is 1. The Hall–Kier alpha value is -2.88. The van der Waals surface area contributed by atoms with Gasteiger partial charge in [-0.3, -0.25) is 19.7 Å². The second kappa shape index (κ2) is 8.70. The van der Waals surface area contributed by atoms with Crippen molar-refractivity contribution in [2.75, 3.05) is 11.5 Å². The van der Waals surface area contributed by atoms with E-state index in [1.54, 1.807) is 11.5 Å². The number of carbonyl (C=O) groups excluding carboxylic acids is 1. The first-order valence-corrected chi connectivity index (χ1v) is 11.5. The Bertz CT molecular complexity index is 1340. The van der Waals surface area contributed by atoms with E-state index in [2.05, 4.69) is 0 Å². The Labute approximate surface area is 192 Å². The molecule has 0 bridgehead atoms. The molecule has 0 radical (unpaired) electrons. The van der Waals surface area contributed by atoms with Gasteiger partial charge in [0, 0.05) is 5.69 Å². The summed E-state index contributed by atoms with van der Waals surface area (Å²) < 4.78 is 8.06. The Kier molecular flexibility index (Phi) is 5.99. The second-order valence-corrected chi connectivity index (χ2v) is 9.31. The Balaban J connectivity index is 1.99. The summed E-state index contributed by atoms with van der Waals surface area (Å²) >= 11 is 7.84. The normalized spacial score (nSPS) is 16.6. The van der Waals surface area contributed by atoms with Gasteiger partial charge in [0.15, 0.2) is 14.3 Å². The van der Waals surface area contributed by atoms with Crippen LogP contribution < -0.4 is 19.6 Å². The number of thiazole rings is 1. The third-order valence-corrected chi connectivity index (χ3v) is 7.23. The molecule has 1 aliphatic heterocycles. The maximum atomic E-state index is 13.4. The number of nitrogens with one attached hydrogen (secondary N) is 1. The molecule has 1 saturated heterocycles. The predicted molar refractivity (Wildman–Crippen MR) is 129 cm³/mol. The number of thioether (sulfide) groups is 1. The summed E-state index contributed by atoms with van der Waals surface area (Å²) in [7, 11) is 0. The van der Waals surface area contributed by atoms with E-state index in [1.165, 1.54) is 16.7 Å². The van der Waals surface area contributed by atoms with E-state index in [0.717, 1.165) is 16.9 Å². The van der Waals surface area contributed by atoms with E-state index in [1.807, 2.05) is 61.5 Å². The summed E-state index contributed by atoms with van der Waals surface area (Å²) in [5, 5.41) is 19.0. The maximum absolute atomic E-state index is 13.4. The maximum Gasteiger partial charge on any atom is 0.298 e. The van der Waals surface area contributed by atoms with Crippen LogP contribution in [0.2, 0.25) is 0 Å². The number of rotatable bonds is 4. The lowest BCUT2D eigenvalue weighted by Crippen LogP contribution is -2.33. The minimum atomic E-state index is -0.331. The van der Waals surface area contributed by atoms with Crippen molar-refractivity contribution in [2.45, 2.75) is 13.8 Å². The number of thiocarbonyl (C=S) groups is 1. The van der Waals surface area contributed by atoms with Crippen molar-refractivity contribution >= 4 is 62.1 Å². The molecule has 0 saturated carbocycles. The average molecular weight is 470 g/mol. The molecule has 158 valence electrons. The fraction of sp³-hybridized carbons (Fsp3) is 0.136. The number of benzene rings is 2. The number of aliphatic hydroxyl groups excluding tert-OH is 1. The van der Waals surface area contributed by atoms with Crippen LogP contribution in [0.3, 0.4) is 0 Å². The van der Waals surface area contributed by atoms with Gasteiger partial charge in [0.2, 0.25) is 0 Å². The van der Waals surface area contributed by atoms with Crippen LogP contribution in [0.1, 0.15) is 12.5 Å². The van der Waals surface area contributed by atoms with Crippen molar-refractivity contribution in [3.63, 3.8) is 0 Å². The predicted octanol–water partition coefficient (Wildman–Crippen LogP) is 3.16. The Morgan fingerprint density at radius 2 is 1.81 bits per heavy atom. The van der Waals surface area contributed by atoms with Crippen molar-refractivity contribution in [1.82, 2.24) is 4.57 Å². The molecule has 31 heavy (non-hydrogen) atoms. The number of carbonyl (C=O) groups is 1. The molecule has 0 spiro atoms. The highest BCUT2D eigenvalue weighted by Gasteiger charge is 2.35. The van der Waals surface area contributed by atoms with Crippen LogP contribution >= 0.6 is 35.3 Å². The zero-order chi connectivity index (χ0) is 22.1. The number of anilines is 1. The fourth-order valence-electron chi connectivity index (χ4n) is 3.12. The van der Waals surface area contributed by atoms with Gasteiger partial charge in [-0.15, -0.1) is 11.3 Å². The van der Waals surface area contributed by atoms with Gasteiger partial charge in [-0.25, -0.2) is 0 Å². The number of aryl methyl sites for hydroxylation is 1. The smallest absolute Gasteiger partial charge is 0.298 e. The van der Waals surface area contributed by atoms with Crippen LogP contribution in [0.25, 0.3) is 16.5 Å². The summed E-state index contributed by atoms with van der Waals surface area (Å²) in [5.74, 6) is -0.588. The van der Waals surface area contributed by atoms with Crippen LogP contribution in [0.5, 0.6) is 0 Å². The molecule has 2 heterocycles. The van der Waals surface area contributed by atoms with E-state index in [-0.39, 0.29) is 28.5 Å². The molecule has 1 fully saturated rings. The Morgan fingerprint density at radius 3 is 2.45 bits per heavy atom. The molecular formula is C22H19N3O3S3. The minimum absolute atomic E-state index is 0.0396. The first-order chi connectivity index (χ1) is 14.9. The number of ether oxygens (including phenoxy) is 1. The standard InChI is InChI=1S/C22H19N3O3S3/c1-3-28-21(27)16-18(23)24(14-7-5-4-6-8-14)20(30-16)17-19(26)25(22(29)31-17)15-11-9-13(2)10-12-15/h4-12,23,27H,3H2,1-2H3. The van der Waals surface area contributed by atoms with E-state index in [4.69, 9.17) is 22.4 Å². The molecular weight excluding hydrogens is 450 g/mol. The molecule has 1 aliphatic rings. The lowest BCUT2D eigenvalue weighted by molar-refractivity contribution is -0.112. The van der Waals surface area contributed by atoms with Gasteiger partial charge >= 0.3 is 0 Å². The first-order valence-electron chi connectivity index (χ1n) is 9.47. The highest BCUT2D eigenvalue weighted by atomic mass is 32.2. The molecule has 4 rings (SSSR count). The minimum Gasteiger partial charge on any atom is -0.480 e. The van der Waals surface area contributed by atoms with E-state index in [9.17, 15) is 9.90 Å². The number of hydrogen-bond acceptors (Lipinski definition) is 7. The third-order valence-electron chi connectivity index (χ3n) is 4.59. The van der Waals surface area contributed by atoms with Gasteiger partial charge in [-0.05, 0) is 38.1 Å². The second-order valence-electron chi connectivity index (χ2n) is 6.67. The first kappa shape index (κ1) is 21.4. The molecule has 0 atom stereocenters. The zero-order valence-electron chi connectivity index (χ0n) is 16.8. The molecule has 0 unspecified atom stereocenters. The van der Waals surface area contributed by atoms with Crippen molar-refractivity contribution in [2.24, 2.45) is 0 Å². The summed E-state index contributed by atoms with van der Waals surface area (Å²) in [6, 6.07) is 16.8. The topological polar surface area (TPSA) is 78.6 Å². The lowest BCUT2D eigenvalue weighted by atomic mass is 10.2. The number of amides is 1. The van der Waals surface area contributed by atoms with Crippen molar-refractivity contribution < 1.29 is 14.6 Å². The number of hydrogen-bond donors (Lipinski definition) is 2. The molecule has 9 heteroatoms. The fourth-order valence-corrected chi connectivity index (χ4v) is 5.62. The molecule has 2 N–H and O–H groups in total. The molecule has 1 amide bonds. The number of aromatic nitrogens is 1. The monoisotopic (exact) mass is 469 g/mol. The number of aliphatic hydroxyl groups is 1. The van der Waals surface area contributed by atoms with Crippen LogP contribution in [0.4, 0.5) is 5.69 Å². The van der Waals surface area contributed by atoms with Gasteiger partial charge in [0.1, 0.15) is 9.57 Å². The quantitative estimate of drug-likeness (QED) is 0.574. The highest BCUT2D eigenvalue weighted by molar-refractivity contribution is 8.31. The van der Waals surface area contributed by atoms with Crippen molar-refractivity contribution in [3.8, 4) is 5.69 Å². The molecule has 2 aromatic carbocycles. The van der Waals surface area contributed by atoms with Gasteiger partial charge in [-0.1, -0.05) is 59.9 Å². The van der Waals surface area contributed by atoms with Gasteiger partial charge < -0.3 is 9.84 Å². The van der Waals surface area contributed by atoms with Crippen LogP contribution in [-0.4, -0.2) is 26.5 Å². The molecule has 0 aliphatic carbocycles. The summed E-state index contributed by atoms with van der Waals surface area (Å²) in [6.45, 7) is 4.00. The molecule has 1 aromatic heterocycles. The summed E-state index contributed by atoms with van der Waals surface area (Å²) in [4.78, 5) is 15.3. The third kappa shape index (κ3) is 3.91. The SMILES string of the molecule is CCOC(O)=c1sc(=C2SC(=S)N(c3ccc(C)cc3)C2=O)n(-c2ccccc2)c1=N. The summed E-state index contributed by atoms with van der Waals surface area (Å²) in [5.41, 5.74) is 2.53. The van der Waals surface area contributed by atoms with E-state index < -0.39 is 0 Å². The number of nitrogens with zero attached hydrogens (tertiary/aromatic N) is 2. The van der Waals surface area contributed by atoms with Crippen molar-refractivity contribution in [3.05, 3.63) is 74.8 Å². The van der Waals surface area contributed by atoms with Gasteiger partial charge in [0.05, 0.1) is 12.3 Å². The average Bonchev–Trinajstić information content (AvgIpc) is 3.25. The molecule has 6 nitrogen and oxygen atoms in total. The van der Waals surface area contributed by atoms with Crippen LogP contribution in [0.15, 0.2) is 54.6 Å². The van der Waals surface area contributed by atoms with Crippen LogP contribution in [0, 0.1) is 12.3 Å². The van der Waals surface area contributed by atoms with E-state index in [0.29, 0.717) is 25.3 Å².